The van der Waals surface area contributed by atoms with Gasteiger partial charge in [0.1, 0.15) is 11.5 Å². The first-order valence-electron chi connectivity index (χ1n) is 9.26. The molecule has 0 aromatic heterocycles. The summed E-state index contributed by atoms with van der Waals surface area (Å²) in [4.78, 5) is 12.6. The van der Waals surface area contributed by atoms with Crippen LogP contribution in [0.5, 0.6) is 11.5 Å². The third-order valence-corrected chi connectivity index (χ3v) is 5.55. The maximum atomic E-state index is 12.9. The summed E-state index contributed by atoms with van der Waals surface area (Å²) in [5.41, 5.74) is 1.81. The molecule has 3 N–H and O–H groups in total. The predicted molar refractivity (Wildman–Crippen MR) is 116 cm³/mol. The molecule has 32 heavy (non-hydrogen) atoms. The molecule has 7 nitrogen and oxygen atoms in total. The molecular formula is C22H20F2N2O5S. The highest BCUT2D eigenvalue weighted by atomic mass is 32.2. The van der Waals surface area contributed by atoms with Crippen LogP contribution in [0.25, 0.3) is 11.1 Å². The zero-order chi connectivity index (χ0) is 23.5. The van der Waals surface area contributed by atoms with E-state index in [9.17, 15) is 22.0 Å². The molecular weight excluding hydrogens is 442 g/mol. The van der Waals surface area contributed by atoms with Crippen LogP contribution in [0.3, 0.4) is 0 Å². The maximum Gasteiger partial charge on any atom is 0.387 e. The SMILES string of the molecule is COc1ccc(-c2cc(NC(=O)c3cc(S(N)(=O)=O)ccc3C)ccc2OC(F)F)cc1. The zero-order valence-electron chi connectivity index (χ0n) is 17.1. The molecule has 0 unspecified atom stereocenters. The zero-order valence-corrected chi connectivity index (χ0v) is 18.0. The van der Waals surface area contributed by atoms with Crippen LogP contribution < -0.4 is 19.9 Å². The van der Waals surface area contributed by atoms with Gasteiger partial charge in [0.25, 0.3) is 5.91 Å². The van der Waals surface area contributed by atoms with Gasteiger partial charge in [0.2, 0.25) is 10.0 Å². The van der Waals surface area contributed by atoms with E-state index in [2.05, 4.69) is 10.1 Å². The van der Waals surface area contributed by atoms with Crippen molar-refractivity contribution in [3.63, 3.8) is 0 Å². The van der Waals surface area contributed by atoms with Gasteiger partial charge in [-0.2, -0.15) is 8.78 Å². The number of primary sulfonamides is 1. The Labute approximate surface area is 183 Å². The molecule has 0 radical (unpaired) electrons. The highest BCUT2D eigenvalue weighted by Gasteiger charge is 2.17. The second kappa shape index (κ2) is 9.33. The number of methoxy groups -OCH3 is 1. The standard InChI is InChI=1S/C22H20F2N2O5S/c1-13-3-9-17(32(25,28)29)12-18(13)21(27)26-15-6-10-20(31-22(23)24)19(11-15)14-4-7-16(30-2)8-5-14/h3-12,22H,1-2H3,(H,26,27)(H2,25,28,29). The highest BCUT2D eigenvalue weighted by Crippen LogP contribution is 2.35. The number of nitrogens with one attached hydrogen (secondary N) is 1. The summed E-state index contributed by atoms with van der Waals surface area (Å²) < 4.78 is 58.7. The van der Waals surface area contributed by atoms with E-state index in [0.29, 0.717) is 28.1 Å². The first-order valence-corrected chi connectivity index (χ1v) is 10.8. The lowest BCUT2D eigenvalue weighted by Crippen LogP contribution is -2.17. The summed E-state index contributed by atoms with van der Waals surface area (Å²) in [6, 6.07) is 14.8. The fourth-order valence-corrected chi connectivity index (χ4v) is 3.56. The number of sulfonamides is 1. The molecule has 0 saturated carbocycles. The molecule has 1 amide bonds. The van der Waals surface area contributed by atoms with E-state index in [1.54, 1.807) is 31.2 Å². The number of aryl methyl sites for hydroxylation is 1. The summed E-state index contributed by atoms with van der Waals surface area (Å²) in [6.07, 6.45) is 0. The Kier molecular flexibility index (Phi) is 6.75. The summed E-state index contributed by atoms with van der Waals surface area (Å²) >= 11 is 0. The molecule has 0 bridgehead atoms. The molecule has 0 spiro atoms. The average Bonchev–Trinajstić information content (AvgIpc) is 2.74. The van der Waals surface area contributed by atoms with Crippen molar-refractivity contribution in [1.82, 2.24) is 0 Å². The van der Waals surface area contributed by atoms with Crippen LogP contribution in [0.1, 0.15) is 15.9 Å². The number of ether oxygens (including phenoxy) is 2. The summed E-state index contributed by atoms with van der Waals surface area (Å²) in [7, 11) is -2.49. The molecule has 0 atom stereocenters. The normalized spacial score (nSPS) is 11.3. The number of carbonyl (C=O) groups is 1. The monoisotopic (exact) mass is 462 g/mol. The molecule has 0 aliphatic rings. The van der Waals surface area contributed by atoms with Crippen LogP contribution in [-0.2, 0) is 10.0 Å². The Balaban J connectivity index is 1.97. The first kappa shape index (κ1) is 23.2. The molecule has 3 aromatic rings. The topological polar surface area (TPSA) is 108 Å². The van der Waals surface area contributed by atoms with Gasteiger partial charge in [-0.15, -0.1) is 0 Å². The average molecular weight is 462 g/mol. The number of rotatable bonds is 7. The third-order valence-electron chi connectivity index (χ3n) is 4.64. The molecule has 3 rings (SSSR count). The number of hydrogen-bond donors (Lipinski definition) is 2. The summed E-state index contributed by atoms with van der Waals surface area (Å²) in [6.45, 7) is -1.39. The number of amides is 1. The van der Waals surface area contributed by atoms with Gasteiger partial charge in [0, 0.05) is 16.8 Å². The number of nitrogens with two attached hydrogens (primary N) is 1. The number of anilines is 1. The lowest BCUT2D eigenvalue weighted by Gasteiger charge is -2.14. The molecule has 168 valence electrons. The quantitative estimate of drug-likeness (QED) is 0.548. The minimum atomic E-state index is -3.99. The Hall–Kier alpha value is -3.50. The van der Waals surface area contributed by atoms with Gasteiger partial charge < -0.3 is 14.8 Å². The minimum Gasteiger partial charge on any atom is -0.497 e. The lowest BCUT2D eigenvalue weighted by atomic mass is 10.0. The number of alkyl halides is 2. The second-order valence-corrected chi connectivity index (χ2v) is 8.36. The van der Waals surface area contributed by atoms with Crippen molar-refractivity contribution in [2.45, 2.75) is 18.4 Å². The molecule has 0 saturated heterocycles. The number of benzene rings is 3. The largest absolute Gasteiger partial charge is 0.497 e. The Morgan fingerprint density at radius 3 is 2.31 bits per heavy atom. The Morgan fingerprint density at radius 2 is 1.72 bits per heavy atom. The van der Waals surface area contributed by atoms with Gasteiger partial charge in [-0.1, -0.05) is 18.2 Å². The van der Waals surface area contributed by atoms with Crippen LogP contribution in [0.4, 0.5) is 14.5 Å². The van der Waals surface area contributed by atoms with Gasteiger partial charge in [-0.25, -0.2) is 13.6 Å². The van der Waals surface area contributed by atoms with Gasteiger partial charge in [0.15, 0.2) is 0 Å². The van der Waals surface area contributed by atoms with Crippen molar-refractivity contribution in [3.8, 4) is 22.6 Å². The van der Waals surface area contributed by atoms with Crippen molar-refractivity contribution in [1.29, 1.82) is 0 Å². The minimum absolute atomic E-state index is 0.0735. The van der Waals surface area contributed by atoms with E-state index in [0.717, 1.165) is 0 Å². The van der Waals surface area contributed by atoms with Crippen molar-refractivity contribution in [2.75, 3.05) is 12.4 Å². The van der Waals surface area contributed by atoms with Gasteiger partial charge in [0.05, 0.1) is 12.0 Å². The van der Waals surface area contributed by atoms with Gasteiger partial charge >= 0.3 is 6.61 Å². The Bertz CT molecular complexity index is 1250. The smallest absolute Gasteiger partial charge is 0.387 e. The van der Waals surface area contributed by atoms with E-state index in [4.69, 9.17) is 9.88 Å². The van der Waals surface area contributed by atoms with E-state index in [1.165, 1.54) is 43.5 Å². The number of hydrogen-bond acceptors (Lipinski definition) is 5. The fraction of sp³-hybridized carbons (Fsp3) is 0.136. The van der Waals surface area contributed by atoms with Crippen LogP contribution in [0.15, 0.2) is 65.6 Å². The molecule has 0 heterocycles. The van der Waals surface area contributed by atoms with Crippen molar-refractivity contribution < 1.29 is 31.5 Å². The maximum absolute atomic E-state index is 12.9. The van der Waals surface area contributed by atoms with Crippen LogP contribution >= 0.6 is 0 Å². The van der Waals surface area contributed by atoms with E-state index >= 15 is 0 Å². The fourth-order valence-electron chi connectivity index (χ4n) is 3.02. The summed E-state index contributed by atoms with van der Waals surface area (Å²) in [5, 5.41) is 7.79. The Morgan fingerprint density at radius 1 is 1.03 bits per heavy atom. The van der Waals surface area contributed by atoms with Crippen LogP contribution in [0, 0.1) is 6.92 Å². The van der Waals surface area contributed by atoms with E-state index in [-0.39, 0.29) is 16.2 Å². The van der Waals surface area contributed by atoms with Crippen molar-refractivity contribution in [2.24, 2.45) is 5.14 Å². The third kappa shape index (κ3) is 5.40. The first-order chi connectivity index (χ1) is 15.1. The number of halogens is 2. The van der Waals surface area contributed by atoms with Gasteiger partial charge in [-0.3, -0.25) is 4.79 Å². The van der Waals surface area contributed by atoms with E-state index < -0.39 is 22.5 Å². The number of carbonyl (C=O) groups excluding carboxylic acids is 1. The molecule has 0 fully saturated rings. The van der Waals surface area contributed by atoms with Crippen molar-refractivity contribution >= 4 is 21.6 Å². The van der Waals surface area contributed by atoms with E-state index in [1.807, 2.05) is 0 Å². The van der Waals surface area contributed by atoms with Gasteiger partial charge in [-0.05, 0) is 60.5 Å². The van der Waals surface area contributed by atoms with Crippen molar-refractivity contribution in [3.05, 3.63) is 71.8 Å². The predicted octanol–water partition coefficient (Wildman–Crippen LogP) is 4.17. The lowest BCUT2D eigenvalue weighted by molar-refractivity contribution is -0.0494. The molecule has 0 aliphatic carbocycles. The second-order valence-electron chi connectivity index (χ2n) is 6.79. The molecule has 0 aliphatic heterocycles. The molecule has 10 heteroatoms. The van der Waals surface area contributed by atoms with Crippen LogP contribution in [0.2, 0.25) is 0 Å². The van der Waals surface area contributed by atoms with Crippen LogP contribution in [-0.4, -0.2) is 28.0 Å². The molecule has 3 aromatic carbocycles. The highest BCUT2D eigenvalue weighted by molar-refractivity contribution is 7.89. The summed E-state index contributed by atoms with van der Waals surface area (Å²) in [5.74, 6) is -0.0773.